The van der Waals surface area contributed by atoms with E-state index in [4.69, 9.17) is 14.7 Å². The number of aliphatic imine (C=N–C) groups is 2. The topological polar surface area (TPSA) is 34.0 Å². The fourth-order valence-corrected chi connectivity index (χ4v) is 7.89. The average molecular weight is 629 g/mol. The van der Waals surface area contributed by atoms with Crippen molar-refractivity contribution in [2.24, 2.45) is 15.9 Å². The molecular weight excluding hydrogens is 597 g/mol. The molecule has 0 radical (unpaired) electrons. The molecule has 3 unspecified atom stereocenters. The summed E-state index contributed by atoms with van der Waals surface area (Å²) in [7, 11) is 0. The first-order valence-corrected chi connectivity index (χ1v) is 17.1. The number of amidine groups is 1. The lowest BCUT2D eigenvalue weighted by Crippen LogP contribution is -2.37. The third kappa shape index (κ3) is 4.65. The first-order valence-electron chi connectivity index (χ1n) is 17.1. The van der Waals surface area contributed by atoms with Gasteiger partial charge in [-0.2, -0.15) is 0 Å². The second kappa shape index (κ2) is 11.3. The molecule has 1 aliphatic carbocycles. The smallest absolute Gasteiger partial charge is 0.164 e. The number of nitrogens with zero attached hydrogens (tertiary/aromatic N) is 2. The molecule has 2 aliphatic heterocycles. The Morgan fingerprint density at radius 2 is 1.10 bits per heavy atom. The molecule has 0 fully saturated rings. The Balaban J connectivity index is 0.990. The molecule has 0 amide bonds. The van der Waals surface area contributed by atoms with Gasteiger partial charge in [-0.1, -0.05) is 152 Å². The molecule has 0 aromatic heterocycles. The van der Waals surface area contributed by atoms with Crippen LogP contribution in [0.2, 0.25) is 0 Å². The number of allylic oxidation sites excluding steroid dienone is 4. The van der Waals surface area contributed by atoms with Gasteiger partial charge in [-0.15, -0.1) is 0 Å². The van der Waals surface area contributed by atoms with E-state index in [1.54, 1.807) is 0 Å². The van der Waals surface area contributed by atoms with Gasteiger partial charge in [0.2, 0.25) is 0 Å². The van der Waals surface area contributed by atoms with Gasteiger partial charge >= 0.3 is 0 Å². The van der Waals surface area contributed by atoms with E-state index in [2.05, 4.69) is 146 Å². The lowest BCUT2D eigenvalue weighted by molar-refractivity contribution is 0.269. The zero-order valence-electron chi connectivity index (χ0n) is 26.8. The van der Waals surface area contributed by atoms with Crippen molar-refractivity contribution in [3.8, 4) is 28.0 Å². The Labute approximate surface area is 285 Å². The summed E-state index contributed by atoms with van der Waals surface area (Å²) in [5.74, 6) is 1.87. The van der Waals surface area contributed by atoms with Gasteiger partial charge in [0, 0.05) is 17.0 Å². The predicted octanol–water partition coefficient (Wildman–Crippen LogP) is 11.3. The Hall–Kier alpha value is -6.06. The van der Waals surface area contributed by atoms with E-state index < -0.39 is 0 Å². The highest BCUT2D eigenvalue weighted by Crippen LogP contribution is 2.45. The number of fused-ring (bicyclic) bond motifs is 9. The van der Waals surface area contributed by atoms with E-state index in [1.807, 2.05) is 18.2 Å². The molecule has 0 bridgehead atoms. The van der Waals surface area contributed by atoms with Gasteiger partial charge in [-0.25, -0.2) is 4.99 Å². The summed E-state index contributed by atoms with van der Waals surface area (Å²) in [6, 6.07) is 50.1. The summed E-state index contributed by atoms with van der Waals surface area (Å²) >= 11 is 0. The number of hydrogen-bond acceptors (Lipinski definition) is 3. The summed E-state index contributed by atoms with van der Waals surface area (Å²) in [5.41, 5.74) is 7.91. The first kappa shape index (κ1) is 28.0. The highest BCUT2D eigenvalue weighted by molar-refractivity contribution is 6.25. The van der Waals surface area contributed by atoms with Crippen LogP contribution >= 0.6 is 0 Å². The van der Waals surface area contributed by atoms with E-state index >= 15 is 0 Å². The zero-order valence-corrected chi connectivity index (χ0v) is 26.8. The van der Waals surface area contributed by atoms with Gasteiger partial charge in [-0.05, 0) is 73.1 Å². The quantitative estimate of drug-likeness (QED) is 0.179. The van der Waals surface area contributed by atoms with Crippen molar-refractivity contribution in [3.63, 3.8) is 0 Å². The lowest BCUT2D eigenvalue weighted by Gasteiger charge is -2.28. The molecule has 3 aliphatic rings. The van der Waals surface area contributed by atoms with Crippen LogP contribution < -0.4 is 4.74 Å². The van der Waals surface area contributed by atoms with Crippen LogP contribution in [0.4, 0.5) is 0 Å². The van der Waals surface area contributed by atoms with Crippen molar-refractivity contribution in [1.82, 2.24) is 0 Å². The van der Waals surface area contributed by atoms with Crippen molar-refractivity contribution >= 4 is 43.9 Å². The summed E-state index contributed by atoms with van der Waals surface area (Å²) in [4.78, 5) is 10.3. The second-order valence-corrected chi connectivity index (χ2v) is 13.2. The lowest BCUT2D eigenvalue weighted by atomic mass is 9.87. The monoisotopic (exact) mass is 628 g/mol. The molecule has 0 spiro atoms. The molecule has 3 atom stereocenters. The van der Waals surface area contributed by atoms with E-state index in [1.165, 1.54) is 43.4 Å². The van der Waals surface area contributed by atoms with Crippen LogP contribution in [0.3, 0.4) is 0 Å². The van der Waals surface area contributed by atoms with Gasteiger partial charge in [0.15, 0.2) is 11.9 Å². The number of hydrogen-bond donors (Lipinski definition) is 0. The van der Waals surface area contributed by atoms with Gasteiger partial charge in [0.25, 0.3) is 0 Å². The molecule has 49 heavy (non-hydrogen) atoms. The van der Waals surface area contributed by atoms with Crippen molar-refractivity contribution in [3.05, 3.63) is 175 Å². The van der Waals surface area contributed by atoms with Crippen molar-refractivity contribution < 1.29 is 4.74 Å². The molecule has 0 saturated carbocycles. The van der Waals surface area contributed by atoms with Crippen LogP contribution in [0.25, 0.3) is 54.6 Å². The Morgan fingerprint density at radius 3 is 1.78 bits per heavy atom. The maximum Gasteiger partial charge on any atom is 0.164 e. The zero-order chi connectivity index (χ0) is 32.3. The van der Waals surface area contributed by atoms with E-state index in [0.717, 1.165) is 46.0 Å². The van der Waals surface area contributed by atoms with Crippen molar-refractivity contribution in [2.75, 3.05) is 0 Å². The third-order valence-corrected chi connectivity index (χ3v) is 10.3. The SMILES string of the molecule is C1=CCC(C2=NC(c3ccccc3)=NC3c4ccc(-c5ccc(-c6ccc7c8ccccc8c8ccccc8c7c6)cc5)cc4OC23)C=C1. The van der Waals surface area contributed by atoms with E-state index in [9.17, 15) is 0 Å². The Kier molecular flexibility index (Phi) is 6.45. The largest absolute Gasteiger partial charge is 0.481 e. The molecule has 7 aromatic rings. The minimum Gasteiger partial charge on any atom is -0.481 e. The fourth-order valence-electron chi connectivity index (χ4n) is 7.89. The molecule has 10 rings (SSSR count). The summed E-state index contributed by atoms with van der Waals surface area (Å²) in [6.07, 6.45) is 9.39. The third-order valence-electron chi connectivity index (χ3n) is 10.3. The molecular formula is C46H32N2O. The van der Waals surface area contributed by atoms with Crippen LogP contribution in [0, 0.1) is 5.92 Å². The van der Waals surface area contributed by atoms with Crippen molar-refractivity contribution in [2.45, 2.75) is 18.6 Å². The Bertz CT molecular complexity index is 2520. The predicted molar refractivity (Wildman–Crippen MR) is 204 cm³/mol. The molecule has 3 nitrogen and oxygen atoms in total. The molecule has 0 N–H and O–H groups in total. The van der Waals surface area contributed by atoms with Crippen molar-refractivity contribution in [1.29, 1.82) is 0 Å². The van der Waals surface area contributed by atoms with E-state index in [0.29, 0.717) is 0 Å². The number of benzene rings is 7. The molecule has 7 aromatic carbocycles. The standard InChI is InChI=1S/C46H32N2O/c1-3-11-31(12-4-1)43-45-44(48-46(47-43)32-13-5-2-6-14-32)40-26-24-34(28-42(40)49-45)30-21-19-29(20-22-30)33-23-25-39-37-17-8-7-15-35(37)36-16-9-10-18-38(36)41(39)27-33/h1-11,13-28,31,44-45H,12H2. The van der Waals surface area contributed by atoms with Gasteiger partial charge in [-0.3, -0.25) is 4.99 Å². The van der Waals surface area contributed by atoms with Gasteiger partial charge < -0.3 is 4.74 Å². The maximum atomic E-state index is 6.73. The fraction of sp³-hybridized carbons (Fsp3) is 0.0870. The van der Waals surface area contributed by atoms with Crippen LogP contribution in [0.5, 0.6) is 5.75 Å². The van der Waals surface area contributed by atoms with Gasteiger partial charge in [0.1, 0.15) is 11.8 Å². The van der Waals surface area contributed by atoms with Crippen LogP contribution in [-0.4, -0.2) is 17.7 Å². The highest BCUT2D eigenvalue weighted by atomic mass is 16.5. The average Bonchev–Trinajstić information content (AvgIpc) is 3.56. The van der Waals surface area contributed by atoms with Gasteiger partial charge in [0.05, 0.1) is 5.71 Å². The molecule has 0 saturated heterocycles. The normalized spacial score (nSPS) is 19.4. The Morgan fingerprint density at radius 1 is 0.510 bits per heavy atom. The minimum atomic E-state index is -0.206. The molecule has 232 valence electrons. The highest BCUT2D eigenvalue weighted by Gasteiger charge is 2.42. The number of ether oxygens (including phenoxy) is 1. The first-order chi connectivity index (χ1) is 24.3. The van der Waals surface area contributed by atoms with Crippen LogP contribution in [-0.2, 0) is 0 Å². The molecule has 3 heteroatoms. The minimum absolute atomic E-state index is 0.116. The van der Waals surface area contributed by atoms with Crippen LogP contribution in [0.1, 0.15) is 23.6 Å². The summed E-state index contributed by atoms with van der Waals surface area (Å²) < 4.78 is 6.73. The van der Waals surface area contributed by atoms with Crippen LogP contribution in [0.15, 0.2) is 174 Å². The van der Waals surface area contributed by atoms with E-state index in [-0.39, 0.29) is 18.1 Å². The summed E-state index contributed by atoms with van der Waals surface area (Å²) in [6.45, 7) is 0. The number of rotatable bonds is 4. The molecule has 2 heterocycles. The second-order valence-electron chi connectivity index (χ2n) is 13.2. The summed E-state index contributed by atoms with van der Waals surface area (Å²) in [5, 5.41) is 7.76. The maximum absolute atomic E-state index is 6.73.